The minimum atomic E-state index is -0.577. The highest BCUT2D eigenvalue weighted by Crippen LogP contribution is 2.35. The first-order valence-corrected chi connectivity index (χ1v) is 8.44. The van der Waals surface area contributed by atoms with Crippen LogP contribution in [-0.2, 0) is 9.53 Å². The van der Waals surface area contributed by atoms with Gasteiger partial charge in [-0.25, -0.2) is 0 Å². The Kier molecular flexibility index (Phi) is 7.16. The molecule has 2 saturated heterocycles. The summed E-state index contributed by atoms with van der Waals surface area (Å²) in [4.78, 5) is 15.1. The molecule has 1 atom stereocenters. The second-order valence-corrected chi connectivity index (χ2v) is 7.73. The van der Waals surface area contributed by atoms with Crippen molar-refractivity contribution in [3.8, 4) is 0 Å². The lowest BCUT2D eigenvalue weighted by Gasteiger charge is -2.38. The highest BCUT2D eigenvalue weighted by Gasteiger charge is 2.43. The Morgan fingerprint density at radius 1 is 1.18 bits per heavy atom. The molecule has 0 saturated carbocycles. The number of carbonyl (C=O) groups is 1. The molecule has 0 spiro atoms. The van der Waals surface area contributed by atoms with Gasteiger partial charge in [0.25, 0.3) is 5.91 Å². The normalized spacial score (nSPS) is 26.0. The van der Waals surface area contributed by atoms with Crippen LogP contribution in [0.3, 0.4) is 0 Å². The van der Waals surface area contributed by atoms with E-state index in [-0.39, 0.29) is 18.3 Å². The molecule has 0 bridgehead atoms. The summed E-state index contributed by atoms with van der Waals surface area (Å²) in [5, 5.41) is 3.32. The van der Waals surface area contributed by atoms with Gasteiger partial charge in [-0.05, 0) is 56.5 Å². The van der Waals surface area contributed by atoms with Crippen molar-refractivity contribution in [2.45, 2.75) is 58.5 Å². The van der Waals surface area contributed by atoms with Gasteiger partial charge in [-0.2, -0.15) is 0 Å². The van der Waals surface area contributed by atoms with E-state index in [1.165, 1.54) is 6.42 Å². The maximum Gasteiger partial charge on any atom is 0.254 e. The third-order valence-corrected chi connectivity index (χ3v) is 5.43. The molecule has 2 fully saturated rings. The van der Waals surface area contributed by atoms with E-state index in [1.807, 2.05) is 0 Å². The topological polar surface area (TPSA) is 41.6 Å². The SMILES string of the molecule is COC1(C(=O)N2CCCC(C(C)(C)C)CC2)CCNCC1.Cl. The standard InChI is InChI=1S/C17H32N2O2.ClH/c1-16(2,3)14-6-5-12-19(13-7-14)15(20)17(21-4)8-10-18-11-9-17;/h14,18H,5-13H2,1-4H3;1H. The van der Waals surface area contributed by atoms with Gasteiger partial charge in [0.2, 0.25) is 0 Å². The Bertz CT molecular complexity index is 362. The Morgan fingerprint density at radius 2 is 1.82 bits per heavy atom. The summed E-state index contributed by atoms with van der Waals surface area (Å²) in [5.41, 5.74) is -0.237. The molecule has 5 heteroatoms. The summed E-state index contributed by atoms with van der Waals surface area (Å²) in [7, 11) is 1.69. The van der Waals surface area contributed by atoms with Crippen LogP contribution in [0.4, 0.5) is 0 Å². The van der Waals surface area contributed by atoms with Crippen molar-refractivity contribution in [3.63, 3.8) is 0 Å². The molecule has 2 aliphatic rings. The van der Waals surface area contributed by atoms with Crippen LogP contribution in [0.2, 0.25) is 0 Å². The van der Waals surface area contributed by atoms with E-state index in [9.17, 15) is 4.79 Å². The van der Waals surface area contributed by atoms with Crippen LogP contribution in [0, 0.1) is 11.3 Å². The van der Waals surface area contributed by atoms with E-state index in [1.54, 1.807) is 7.11 Å². The fourth-order valence-corrected chi connectivity index (χ4v) is 3.79. The van der Waals surface area contributed by atoms with E-state index >= 15 is 0 Å². The number of methoxy groups -OCH3 is 1. The number of ether oxygens (including phenoxy) is 1. The summed E-state index contributed by atoms with van der Waals surface area (Å²) < 4.78 is 5.70. The van der Waals surface area contributed by atoms with Crippen LogP contribution in [0.25, 0.3) is 0 Å². The Labute approximate surface area is 141 Å². The molecule has 1 unspecified atom stereocenters. The summed E-state index contributed by atoms with van der Waals surface area (Å²) in [5.74, 6) is 0.933. The van der Waals surface area contributed by atoms with E-state index in [2.05, 4.69) is 31.0 Å². The van der Waals surface area contributed by atoms with Crippen molar-refractivity contribution in [2.75, 3.05) is 33.3 Å². The summed E-state index contributed by atoms with van der Waals surface area (Å²) in [6, 6.07) is 0. The molecule has 0 aromatic heterocycles. The number of nitrogens with one attached hydrogen (secondary N) is 1. The Balaban J connectivity index is 0.00000242. The summed E-state index contributed by atoms with van der Waals surface area (Å²) in [6.07, 6.45) is 5.05. The lowest BCUT2D eigenvalue weighted by Crippen LogP contribution is -2.55. The summed E-state index contributed by atoms with van der Waals surface area (Å²) >= 11 is 0. The molecular formula is C17H33ClN2O2. The number of piperidine rings is 1. The van der Waals surface area contributed by atoms with Gasteiger partial charge in [-0.3, -0.25) is 4.79 Å². The van der Waals surface area contributed by atoms with Crippen molar-refractivity contribution in [1.82, 2.24) is 10.2 Å². The fraction of sp³-hybridized carbons (Fsp3) is 0.941. The Hall–Kier alpha value is -0.320. The second kappa shape index (κ2) is 7.98. The molecule has 2 rings (SSSR count). The minimum absolute atomic E-state index is 0. The van der Waals surface area contributed by atoms with E-state index in [0.717, 1.165) is 51.9 Å². The molecule has 2 heterocycles. The average Bonchev–Trinajstić information content (AvgIpc) is 2.72. The smallest absolute Gasteiger partial charge is 0.254 e. The maximum atomic E-state index is 13.0. The third-order valence-electron chi connectivity index (χ3n) is 5.43. The molecule has 130 valence electrons. The number of nitrogens with zero attached hydrogens (tertiary/aromatic N) is 1. The first kappa shape index (κ1) is 19.7. The van der Waals surface area contributed by atoms with Crippen LogP contribution >= 0.6 is 12.4 Å². The minimum Gasteiger partial charge on any atom is -0.368 e. The quantitative estimate of drug-likeness (QED) is 0.845. The molecule has 0 aromatic carbocycles. The third kappa shape index (κ3) is 4.36. The largest absolute Gasteiger partial charge is 0.368 e. The predicted octanol–water partition coefficient (Wildman–Crippen LogP) is 2.85. The van der Waals surface area contributed by atoms with E-state index in [4.69, 9.17) is 4.74 Å². The molecule has 1 amide bonds. The van der Waals surface area contributed by atoms with Gasteiger partial charge in [-0.15, -0.1) is 12.4 Å². The highest BCUT2D eigenvalue weighted by atomic mass is 35.5. The molecule has 4 nitrogen and oxygen atoms in total. The van der Waals surface area contributed by atoms with E-state index < -0.39 is 5.60 Å². The van der Waals surface area contributed by atoms with Crippen molar-refractivity contribution in [1.29, 1.82) is 0 Å². The molecule has 2 aliphatic heterocycles. The average molecular weight is 333 g/mol. The number of rotatable bonds is 2. The van der Waals surface area contributed by atoms with Crippen molar-refractivity contribution in [2.24, 2.45) is 11.3 Å². The molecule has 0 aliphatic carbocycles. The van der Waals surface area contributed by atoms with Crippen LogP contribution in [0.1, 0.15) is 52.9 Å². The van der Waals surface area contributed by atoms with Crippen LogP contribution < -0.4 is 5.32 Å². The number of amides is 1. The molecule has 22 heavy (non-hydrogen) atoms. The molecular weight excluding hydrogens is 300 g/mol. The summed E-state index contributed by atoms with van der Waals surface area (Å²) in [6.45, 7) is 10.5. The van der Waals surface area contributed by atoms with Crippen molar-refractivity contribution < 1.29 is 9.53 Å². The Morgan fingerprint density at radius 3 is 2.36 bits per heavy atom. The fourth-order valence-electron chi connectivity index (χ4n) is 3.79. The van der Waals surface area contributed by atoms with Gasteiger partial charge in [0, 0.05) is 20.2 Å². The zero-order chi connectivity index (χ0) is 15.5. The van der Waals surface area contributed by atoms with Gasteiger partial charge < -0.3 is 15.0 Å². The van der Waals surface area contributed by atoms with Gasteiger partial charge in [0.05, 0.1) is 0 Å². The van der Waals surface area contributed by atoms with E-state index in [0.29, 0.717) is 11.3 Å². The van der Waals surface area contributed by atoms with Crippen LogP contribution in [0.5, 0.6) is 0 Å². The van der Waals surface area contributed by atoms with Gasteiger partial charge >= 0.3 is 0 Å². The first-order chi connectivity index (χ1) is 9.89. The van der Waals surface area contributed by atoms with Crippen LogP contribution in [-0.4, -0.2) is 49.7 Å². The molecule has 1 N–H and O–H groups in total. The highest BCUT2D eigenvalue weighted by molar-refractivity contribution is 5.85. The molecule has 0 aromatic rings. The number of carbonyl (C=O) groups excluding carboxylic acids is 1. The van der Waals surface area contributed by atoms with Gasteiger partial charge in [0.15, 0.2) is 0 Å². The van der Waals surface area contributed by atoms with Crippen molar-refractivity contribution in [3.05, 3.63) is 0 Å². The second-order valence-electron chi connectivity index (χ2n) is 7.73. The maximum absolute atomic E-state index is 13.0. The van der Waals surface area contributed by atoms with Crippen molar-refractivity contribution >= 4 is 18.3 Å². The zero-order valence-electron chi connectivity index (χ0n) is 14.6. The number of hydrogen-bond acceptors (Lipinski definition) is 3. The van der Waals surface area contributed by atoms with Crippen LogP contribution in [0.15, 0.2) is 0 Å². The number of halogens is 1. The number of likely N-dealkylation sites (tertiary alicyclic amines) is 1. The zero-order valence-corrected chi connectivity index (χ0v) is 15.4. The van der Waals surface area contributed by atoms with Gasteiger partial charge in [-0.1, -0.05) is 20.8 Å². The lowest BCUT2D eigenvalue weighted by atomic mass is 9.77. The predicted molar refractivity (Wildman–Crippen MR) is 92.5 cm³/mol. The van der Waals surface area contributed by atoms with Gasteiger partial charge in [0.1, 0.15) is 5.60 Å². The molecule has 0 radical (unpaired) electrons. The lowest BCUT2D eigenvalue weighted by molar-refractivity contribution is -0.158. The number of hydrogen-bond donors (Lipinski definition) is 1. The first-order valence-electron chi connectivity index (χ1n) is 8.44. The monoisotopic (exact) mass is 332 g/mol.